The van der Waals surface area contributed by atoms with E-state index in [1.165, 1.54) is 0 Å². The van der Waals surface area contributed by atoms with Crippen LogP contribution in [0.3, 0.4) is 0 Å². The largest absolute Gasteiger partial charge is 0.362 e. The Balaban J connectivity index is 2.46. The van der Waals surface area contributed by atoms with E-state index in [9.17, 15) is 0 Å². The first-order chi connectivity index (χ1) is 7.63. The van der Waals surface area contributed by atoms with Crippen LogP contribution in [0.5, 0.6) is 0 Å². The third kappa shape index (κ3) is 4.37. The van der Waals surface area contributed by atoms with E-state index >= 15 is 0 Å². The monoisotopic (exact) mass is 256 g/mol. The van der Waals surface area contributed by atoms with E-state index in [1.54, 1.807) is 0 Å². The van der Waals surface area contributed by atoms with Crippen LogP contribution in [-0.4, -0.2) is 11.7 Å². The van der Waals surface area contributed by atoms with Gasteiger partial charge in [0.15, 0.2) is 5.11 Å². The summed E-state index contributed by atoms with van der Waals surface area (Å²) in [5.74, 6) is 0. The molecule has 0 amide bonds. The summed E-state index contributed by atoms with van der Waals surface area (Å²) in [6.07, 6.45) is 2.28. The van der Waals surface area contributed by atoms with Crippen LogP contribution in [0.25, 0.3) is 0 Å². The summed E-state index contributed by atoms with van der Waals surface area (Å²) in [7, 11) is 0. The number of nitrogens with one attached hydrogen (secondary N) is 2. The summed E-state index contributed by atoms with van der Waals surface area (Å²) < 4.78 is 0. The highest BCUT2D eigenvalue weighted by Gasteiger charge is 1.99. The number of thiocarbonyl (C=S) groups is 1. The molecule has 0 radical (unpaired) electrons. The van der Waals surface area contributed by atoms with Crippen molar-refractivity contribution in [3.8, 4) is 0 Å². The van der Waals surface area contributed by atoms with Crippen LogP contribution < -0.4 is 10.6 Å². The maximum atomic E-state index is 6.02. The summed E-state index contributed by atoms with van der Waals surface area (Å²) >= 11 is 11.2. The normalized spacial score (nSPS) is 9.94. The molecule has 1 aromatic rings. The zero-order valence-corrected chi connectivity index (χ0v) is 11.2. The molecule has 2 N–H and O–H groups in total. The van der Waals surface area contributed by atoms with Crippen LogP contribution in [0.2, 0.25) is 5.02 Å². The minimum Gasteiger partial charge on any atom is -0.362 e. The lowest BCUT2D eigenvalue weighted by atomic mass is 10.2. The highest BCUT2D eigenvalue weighted by Crippen LogP contribution is 2.19. The van der Waals surface area contributed by atoms with Gasteiger partial charge < -0.3 is 10.6 Å². The maximum absolute atomic E-state index is 6.02. The predicted octanol–water partition coefficient (Wildman–Crippen LogP) is 3.73. The molecule has 2 nitrogen and oxygen atoms in total. The van der Waals surface area contributed by atoms with Gasteiger partial charge in [-0.25, -0.2) is 0 Å². The molecule has 0 spiro atoms. The Morgan fingerprint density at radius 1 is 1.44 bits per heavy atom. The van der Waals surface area contributed by atoms with Gasteiger partial charge in [0.05, 0.1) is 0 Å². The molecule has 0 atom stereocenters. The quantitative estimate of drug-likeness (QED) is 0.634. The van der Waals surface area contributed by atoms with Gasteiger partial charge in [-0.05, 0) is 43.3 Å². The number of unbranched alkanes of at least 4 members (excludes halogenated alkanes) is 1. The molecular weight excluding hydrogens is 240 g/mol. The second-order valence-corrected chi connectivity index (χ2v) is 4.51. The fraction of sp³-hybridized carbons (Fsp3) is 0.417. The molecule has 0 aliphatic rings. The lowest BCUT2D eigenvalue weighted by molar-refractivity contribution is 0.758. The molecule has 0 aliphatic carbocycles. The second-order valence-electron chi connectivity index (χ2n) is 3.70. The molecule has 1 rings (SSSR count). The van der Waals surface area contributed by atoms with E-state index in [4.69, 9.17) is 23.8 Å². The molecule has 88 valence electrons. The molecule has 0 saturated heterocycles. The fourth-order valence-corrected chi connectivity index (χ4v) is 1.63. The molecule has 0 heterocycles. The average molecular weight is 257 g/mol. The van der Waals surface area contributed by atoms with Crippen molar-refractivity contribution in [3.05, 3.63) is 28.8 Å². The first kappa shape index (κ1) is 13.3. The van der Waals surface area contributed by atoms with E-state index in [1.807, 2.05) is 25.1 Å². The van der Waals surface area contributed by atoms with Gasteiger partial charge in [0.25, 0.3) is 0 Å². The SMILES string of the molecule is CCCCNC(=S)Nc1ccc(C)c(Cl)c1. The lowest BCUT2D eigenvalue weighted by Gasteiger charge is -2.10. The number of benzene rings is 1. The average Bonchev–Trinajstić information content (AvgIpc) is 2.24. The van der Waals surface area contributed by atoms with Crippen LogP contribution in [0.4, 0.5) is 5.69 Å². The highest BCUT2D eigenvalue weighted by atomic mass is 35.5. The number of rotatable bonds is 4. The maximum Gasteiger partial charge on any atom is 0.170 e. The first-order valence-electron chi connectivity index (χ1n) is 5.44. The standard InChI is InChI=1S/C12H17ClN2S/c1-3-4-7-14-12(16)15-10-6-5-9(2)11(13)8-10/h5-6,8H,3-4,7H2,1-2H3,(H2,14,15,16). The minimum absolute atomic E-state index is 0.647. The van der Waals surface area contributed by atoms with Gasteiger partial charge in [-0.15, -0.1) is 0 Å². The Morgan fingerprint density at radius 3 is 2.81 bits per heavy atom. The molecule has 0 bridgehead atoms. The van der Waals surface area contributed by atoms with Crippen molar-refractivity contribution in [1.82, 2.24) is 5.32 Å². The summed E-state index contributed by atoms with van der Waals surface area (Å²) in [6, 6.07) is 5.82. The fourth-order valence-electron chi connectivity index (χ4n) is 1.22. The van der Waals surface area contributed by atoms with Gasteiger partial charge >= 0.3 is 0 Å². The van der Waals surface area contributed by atoms with Crippen molar-refractivity contribution >= 4 is 34.6 Å². The smallest absolute Gasteiger partial charge is 0.170 e. The summed E-state index contributed by atoms with van der Waals surface area (Å²) in [5, 5.41) is 7.65. The third-order valence-electron chi connectivity index (χ3n) is 2.25. The van der Waals surface area contributed by atoms with Crippen molar-refractivity contribution in [2.24, 2.45) is 0 Å². The van der Waals surface area contributed by atoms with Crippen molar-refractivity contribution in [3.63, 3.8) is 0 Å². The van der Waals surface area contributed by atoms with Gasteiger partial charge in [0.1, 0.15) is 0 Å². The Labute approximate surface area is 107 Å². The number of aryl methyl sites for hydroxylation is 1. The Bertz CT molecular complexity index is 366. The third-order valence-corrected chi connectivity index (χ3v) is 2.90. The number of halogens is 1. The summed E-state index contributed by atoms with van der Waals surface area (Å²) in [4.78, 5) is 0. The first-order valence-corrected chi connectivity index (χ1v) is 6.23. The van der Waals surface area contributed by atoms with Gasteiger partial charge in [-0.2, -0.15) is 0 Å². The van der Waals surface area contributed by atoms with E-state index in [0.29, 0.717) is 5.11 Å². The van der Waals surface area contributed by atoms with Gasteiger partial charge in [-0.3, -0.25) is 0 Å². The molecule has 16 heavy (non-hydrogen) atoms. The van der Waals surface area contributed by atoms with Gasteiger partial charge in [0, 0.05) is 17.3 Å². The van der Waals surface area contributed by atoms with Crippen LogP contribution in [-0.2, 0) is 0 Å². The summed E-state index contributed by atoms with van der Waals surface area (Å²) in [5.41, 5.74) is 1.99. The minimum atomic E-state index is 0.647. The molecular formula is C12H17ClN2S. The molecule has 1 aromatic carbocycles. The van der Waals surface area contributed by atoms with Crippen molar-refractivity contribution < 1.29 is 0 Å². The van der Waals surface area contributed by atoms with E-state index in [0.717, 1.165) is 35.7 Å². The van der Waals surface area contributed by atoms with Crippen molar-refractivity contribution in [2.75, 3.05) is 11.9 Å². The number of hydrogen-bond donors (Lipinski definition) is 2. The number of hydrogen-bond acceptors (Lipinski definition) is 1. The van der Waals surface area contributed by atoms with Gasteiger partial charge in [0.2, 0.25) is 0 Å². The van der Waals surface area contributed by atoms with E-state index < -0.39 is 0 Å². The molecule has 0 aliphatic heterocycles. The molecule has 0 aromatic heterocycles. The van der Waals surface area contributed by atoms with Crippen molar-refractivity contribution in [2.45, 2.75) is 26.7 Å². The van der Waals surface area contributed by atoms with Crippen LogP contribution in [0.15, 0.2) is 18.2 Å². The molecule has 0 fully saturated rings. The van der Waals surface area contributed by atoms with Gasteiger partial charge in [-0.1, -0.05) is 31.0 Å². The van der Waals surface area contributed by atoms with Crippen molar-refractivity contribution in [1.29, 1.82) is 0 Å². The molecule has 4 heteroatoms. The Kier molecular flexibility index (Phi) is 5.56. The summed E-state index contributed by atoms with van der Waals surface area (Å²) in [6.45, 7) is 5.03. The topological polar surface area (TPSA) is 24.1 Å². The second kappa shape index (κ2) is 6.71. The molecule has 0 unspecified atom stereocenters. The Morgan fingerprint density at radius 2 is 2.19 bits per heavy atom. The Hall–Kier alpha value is -0.800. The van der Waals surface area contributed by atoms with Crippen LogP contribution >= 0.6 is 23.8 Å². The van der Waals surface area contributed by atoms with E-state index in [-0.39, 0.29) is 0 Å². The zero-order chi connectivity index (χ0) is 12.0. The highest BCUT2D eigenvalue weighted by molar-refractivity contribution is 7.80. The number of anilines is 1. The van der Waals surface area contributed by atoms with Crippen LogP contribution in [0.1, 0.15) is 25.3 Å². The van der Waals surface area contributed by atoms with E-state index in [2.05, 4.69) is 17.6 Å². The molecule has 0 saturated carbocycles. The van der Waals surface area contributed by atoms with Crippen LogP contribution in [0, 0.1) is 6.92 Å². The zero-order valence-electron chi connectivity index (χ0n) is 9.64. The predicted molar refractivity (Wildman–Crippen MR) is 75.3 cm³/mol. The lowest BCUT2D eigenvalue weighted by Crippen LogP contribution is -2.29.